The Hall–Kier alpha value is -2.60. The molecule has 0 fully saturated rings. The summed E-state index contributed by atoms with van der Waals surface area (Å²) in [5.41, 5.74) is 5.23. The van der Waals surface area contributed by atoms with Crippen molar-refractivity contribution in [2.24, 2.45) is 0 Å². The molecule has 0 bridgehead atoms. The predicted octanol–water partition coefficient (Wildman–Crippen LogP) is 3.83. The molecule has 0 radical (unpaired) electrons. The molecule has 3 rings (SSSR count). The van der Waals surface area contributed by atoms with Crippen LogP contribution in [0.25, 0.3) is 11.0 Å². The molecule has 0 saturated heterocycles. The molecule has 1 aromatic heterocycles. The Kier molecular flexibility index (Phi) is 3.45. The quantitative estimate of drug-likeness (QED) is 0.729. The fourth-order valence-electron chi connectivity index (χ4n) is 2.72. The van der Waals surface area contributed by atoms with E-state index in [0.29, 0.717) is 5.56 Å². The van der Waals surface area contributed by atoms with E-state index in [1.54, 1.807) is 0 Å². The molecular weight excluding hydrogens is 258 g/mol. The van der Waals surface area contributed by atoms with Crippen LogP contribution in [0.1, 0.15) is 29.4 Å². The third kappa shape index (κ3) is 2.41. The van der Waals surface area contributed by atoms with E-state index in [1.165, 1.54) is 11.1 Å². The Morgan fingerprint density at radius 2 is 2.00 bits per heavy atom. The zero-order chi connectivity index (χ0) is 14.8. The fourth-order valence-corrected chi connectivity index (χ4v) is 2.72. The second kappa shape index (κ2) is 5.41. The van der Waals surface area contributed by atoms with Crippen molar-refractivity contribution < 1.29 is 0 Å². The van der Waals surface area contributed by atoms with Crippen molar-refractivity contribution in [3.05, 3.63) is 65.0 Å². The minimum atomic E-state index is 0.658. The predicted molar refractivity (Wildman–Crippen MR) is 84.1 cm³/mol. The number of nitriles is 1. The van der Waals surface area contributed by atoms with E-state index in [-0.39, 0.29) is 0 Å². The molecule has 21 heavy (non-hydrogen) atoms. The lowest BCUT2D eigenvalue weighted by atomic mass is 10.1. The van der Waals surface area contributed by atoms with Crippen molar-refractivity contribution >= 4 is 11.0 Å². The average Bonchev–Trinajstić information content (AvgIpc) is 2.85. The van der Waals surface area contributed by atoms with Crippen LogP contribution in [0.5, 0.6) is 0 Å². The number of fused-ring (bicyclic) bond motifs is 1. The van der Waals surface area contributed by atoms with E-state index < -0.39 is 0 Å². The Labute approximate surface area is 124 Å². The molecule has 3 nitrogen and oxygen atoms in total. The normalized spacial score (nSPS) is 10.7. The lowest BCUT2D eigenvalue weighted by molar-refractivity contribution is 0.733. The number of aromatic nitrogens is 2. The molecule has 0 atom stereocenters. The first-order valence-corrected chi connectivity index (χ1v) is 7.16. The monoisotopic (exact) mass is 275 g/mol. The molecular formula is C18H17N3. The van der Waals surface area contributed by atoms with Gasteiger partial charge in [-0.3, -0.25) is 0 Å². The van der Waals surface area contributed by atoms with Gasteiger partial charge in [0.1, 0.15) is 5.82 Å². The average molecular weight is 275 g/mol. The van der Waals surface area contributed by atoms with Gasteiger partial charge in [0.15, 0.2) is 0 Å². The van der Waals surface area contributed by atoms with E-state index in [1.807, 2.05) is 18.2 Å². The summed E-state index contributed by atoms with van der Waals surface area (Å²) in [4.78, 5) is 4.74. The highest BCUT2D eigenvalue weighted by atomic mass is 15.1. The van der Waals surface area contributed by atoms with Crippen LogP contribution in [-0.4, -0.2) is 9.55 Å². The van der Waals surface area contributed by atoms with Gasteiger partial charge in [0.2, 0.25) is 0 Å². The zero-order valence-electron chi connectivity index (χ0n) is 12.3. The number of benzene rings is 2. The number of aryl methyl sites for hydroxylation is 2. The number of nitrogens with zero attached hydrogens (tertiary/aromatic N) is 3. The van der Waals surface area contributed by atoms with Gasteiger partial charge in [0, 0.05) is 13.0 Å². The molecule has 0 N–H and O–H groups in total. The van der Waals surface area contributed by atoms with E-state index in [0.717, 1.165) is 29.8 Å². The highest BCUT2D eigenvalue weighted by Gasteiger charge is 2.11. The lowest BCUT2D eigenvalue weighted by Gasteiger charge is -2.08. The van der Waals surface area contributed by atoms with Crippen molar-refractivity contribution in [1.29, 1.82) is 5.26 Å². The van der Waals surface area contributed by atoms with Crippen LogP contribution in [0.15, 0.2) is 42.5 Å². The van der Waals surface area contributed by atoms with Crippen molar-refractivity contribution in [1.82, 2.24) is 9.55 Å². The van der Waals surface area contributed by atoms with Gasteiger partial charge in [0.25, 0.3) is 0 Å². The van der Waals surface area contributed by atoms with Crippen molar-refractivity contribution in [2.45, 2.75) is 26.8 Å². The molecule has 0 aliphatic heterocycles. The summed E-state index contributed by atoms with van der Waals surface area (Å²) in [6.07, 6.45) is 0.817. The van der Waals surface area contributed by atoms with Crippen LogP contribution in [0, 0.1) is 18.3 Å². The molecule has 0 unspecified atom stereocenters. The van der Waals surface area contributed by atoms with Crippen LogP contribution >= 0.6 is 0 Å². The molecule has 3 heteroatoms. The standard InChI is InChI=1S/C18H17N3/c1-3-21-17-9-8-14(12-19)10-16(17)20-18(21)11-15-7-5-4-6-13(15)2/h4-10H,3,11H2,1-2H3. The molecule has 0 aliphatic rings. The number of hydrogen-bond donors (Lipinski definition) is 0. The maximum absolute atomic E-state index is 9.02. The van der Waals surface area contributed by atoms with E-state index in [2.05, 4.69) is 48.7 Å². The first-order chi connectivity index (χ1) is 10.2. The third-order valence-electron chi connectivity index (χ3n) is 3.88. The number of hydrogen-bond acceptors (Lipinski definition) is 2. The maximum atomic E-state index is 9.02. The Balaban J connectivity index is 2.10. The second-order valence-electron chi connectivity index (χ2n) is 5.19. The van der Waals surface area contributed by atoms with Gasteiger partial charge in [-0.05, 0) is 43.2 Å². The summed E-state index contributed by atoms with van der Waals surface area (Å²) in [5, 5.41) is 9.02. The Morgan fingerprint density at radius 3 is 2.71 bits per heavy atom. The first-order valence-electron chi connectivity index (χ1n) is 7.16. The van der Waals surface area contributed by atoms with Crippen molar-refractivity contribution in [2.75, 3.05) is 0 Å². The fraction of sp³-hybridized carbons (Fsp3) is 0.222. The van der Waals surface area contributed by atoms with Gasteiger partial charge in [-0.25, -0.2) is 4.98 Å². The third-order valence-corrected chi connectivity index (χ3v) is 3.88. The smallest absolute Gasteiger partial charge is 0.114 e. The summed E-state index contributed by atoms with van der Waals surface area (Å²) in [5.74, 6) is 1.05. The summed E-state index contributed by atoms with van der Waals surface area (Å²) < 4.78 is 2.23. The minimum absolute atomic E-state index is 0.658. The Bertz CT molecular complexity index is 837. The van der Waals surface area contributed by atoms with E-state index in [9.17, 15) is 0 Å². The van der Waals surface area contributed by atoms with Gasteiger partial charge in [-0.15, -0.1) is 0 Å². The summed E-state index contributed by atoms with van der Waals surface area (Å²) in [6.45, 7) is 5.13. The molecule has 0 aliphatic carbocycles. The molecule has 0 spiro atoms. The molecule has 3 aromatic rings. The lowest BCUT2D eigenvalue weighted by Crippen LogP contribution is -2.03. The SMILES string of the molecule is CCn1c(Cc2ccccc2C)nc2cc(C#N)ccc21. The van der Waals surface area contributed by atoms with Crippen LogP contribution < -0.4 is 0 Å². The summed E-state index contributed by atoms with van der Waals surface area (Å²) in [6, 6.07) is 16.3. The van der Waals surface area contributed by atoms with Gasteiger partial charge in [0.05, 0.1) is 22.7 Å². The summed E-state index contributed by atoms with van der Waals surface area (Å²) in [7, 11) is 0. The molecule has 0 amide bonds. The first kappa shape index (κ1) is 13.4. The molecule has 104 valence electrons. The van der Waals surface area contributed by atoms with Crippen LogP contribution in [0.3, 0.4) is 0 Å². The van der Waals surface area contributed by atoms with Crippen LogP contribution in [-0.2, 0) is 13.0 Å². The molecule has 0 saturated carbocycles. The van der Waals surface area contributed by atoms with Crippen LogP contribution in [0.4, 0.5) is 0 Å². The number of imidazole rings is 1. The van der Waals surface area contributed by atoms with E-state index >= 15 is 0 Å². The van der Waals surface area contributed by atoms with E-state index in [4.69, 9.17) is 10.2 Å². The second-order valence-corrected chi connectivity index (χ2v) is 5.19. The number of rotatable bonds is 3. The van der Waals surface area contributed by atoms with Gasteiger partial charge < -0.3 is 4.57 Å². The minimum Gasteiger partial charge on any atom is -0.328 e. The Morgan fingerprint density at radius 1 is 1.19 bits per heavy atom. The largest absolute Gasteiger partial charge is 0.328 e. The van der Waals surface area contributed by atoms with Crippen molar-refractivity contribution in [3.63, 3.8) is 0 Å². The van der Waals surface area contributed by atoms with Gasteiger partial charge >= 0.3 is 0 Å². The van der Waals surface area contributed by atoms with Gasteiger partial charge in [-0.1, -0.05) is 24.3 Å². The van der Waals surface area contributed by atoms with Crippen LogP contribution in [0.2, 0.25) is 0 Å². The molecule has 2 aromatic carbocycles. The zero-order valence-corrected chi connectivity index (χ0v) is 12.3. The molecule has 1 heterocycles. The topological polar surface area (TPSA) is 41.6 Å². The maximum Gasteiger partial charge on any atom is 0.114 e. The highest BCUT2D eigenvalue weighted by molar-refractivity contribution is 5.77. The van der Waals surface area contributed by atoms with Gasteiger partial charge in [-0.2, -0.15) is 5.26 Å². The summed E-state index contributed by atoms with van der Waals surface area (Å²) >= 11 is 0. The van der Waals surface area contributed by atoms with Crippen molar-refractivity contribution in [3.8, 4) is 6.07 Å². The highest BCUT2D eigenvalue weighted by Crippen LogP contribution is 2.21.